The first-order valence-corrected chi connectivity index (χ1v) is 6.08. The summed E-state index contributed by atoms with van der Waals surface area (Å²) < 4.78 is 4.63. The Kier molecular flexibility index (Phi) is 7.16. The molecule has 0 aliphatic rings. The molecule has 0 rings (SSSR count). The minimum absolute atomic E-state index is 0.187. The van der Waals surface area contributed by atoms with Crippen LogP contribution in [0.4, 0.5) is 0 Å². The van der Waals surface area contributed by atoms with E-state index in [0.29, 0.717) is 6.42 Å². The molecule has 0 spiro atoms. The third-order valence-corrected chi connectivity index (χ3v) is 2.46. The summed E-state index contributed by atoms with van der Waals surface area (Å²) in [6, 6.07) is 0. The first-order chi connectivity index (χ1) is 9.06. The highest BCUT2D eigenvalue weighted by Gasteiger charge is 2.41. The van der Waals surface area contributed by atoms with Gasteiger partial charge in [0.1, 0.15) is 6.61 Å². The van der Waals surface area contributed by atoms with Crippen molar-refractivity contribution in [3.8, 4) is 0 Å². The van der Waals surface area contributed by atoms with E-state index < -0.39 is 42.5 Å². The molecule has 0 heterocycles. The van der Waals surface area contributed by atoms with Crippen LogP contribution in [0.15, 0.2) is 0 Å². The molecule has 2 atom stereocenters. The van der Waals surface area contributed by atoms with Crippen molar-refractivity contribution in [2.45, 2.75) is 44.8 Å². The van der Waals surface area contributed by atoms with Gasteiger partial charge in [0.05, 0.1) is 18.9 Å². The topological polar surface area (TPSA) is 141 Å². The Labute approximate surface area is 116 Å². The van der Waals surface area contributed by atoms with Crippen LogP contribution in [-0.2, 0) is 19.1 Å². The Balaban J connectivity index is 4.41. The predicted molar refractivity (Wildman–Crippen MR) is 65.9 cm³/mol. The molecule has 0 amide bonds. The van der Waals surface area contributed by atoms with E-state index in [-0.39, 0.29) is 12.5 Å². The highest BCUT2D eigenvalue weighted by molar-refractivity contribution is 5.88. The molecule has 116 valence electrons. The smallest absolute Gasteiger partial charge is 0.336 e. The zero-order chi connectivity index (χ0) is 15.9. The first kappa shape index (κ1) is 18.3. The van der Waals surface area contributed by atoms with Crippen LogP contribution < -0.4 is 0 Å². The number of aliphatic hydroxyl groups excluding tert-OH is 1. The van der Waals surface area contributed by atoms with E-state index >= 15 is 0 Å². The van der Waals surface area contributed by atoms with Gasteiger partial charge < -0.3 is 25.2 Å². The third kappa shape index (κ3) is 7.05. The Morgan fingerprint density at radius 1 is 1.15 bits per heavy atom. The van der Waals surface area contributed by atoms with E-state index in [1.165, 1.54) is 0 Å². The van der Waals surface area contributed by atoms with Gasteiger partial charge in [-0.05, 0) is 12.3 Å². The molecule has 20 heavy (non-hydrogen) atoms. The normalized spacial score (nSPS) is 15.4. The van der Waals surface area contributed by atoms with E-state index in [1.54, 1.807) is 0 Å². The molecule has 0 aromatic heterocycles. The van der Waals surface area contributed by atoms with Crippen LogP contribution in [0.25, 0.3) is 0 Å². The average molecular weight is 292 g/mol. The molecule has 0 bridgehead atoms. The van der Waals surface area contributed by atoms with Gasteiger partial charge in [0.15, 0.2) is 5.60 Å². The molecule has 0 saturated carbocycles. The van der Waals surface area contributed by atoms with E-state index in [0.717, 1.165) is 0 Å². The van der Waals surface area contributed by atoms with Crippen molar-refractivity contribution in [3.63, 3.8) is 0 Å². The largest absolute Gasteiger partial charge is 0.481 e. The number of hydrogen-bond donors (Lipinski definition) is 4. The van der Waals surface area contributed by atoms with Gasteiger partial charge >= 0.3 is 17.9 Å². The van der Waals surface area contributed by atoms with Crippen molar-refractivity contribution in [1.29, 1.82) is 0 Å². The van der Waals surface area contributed by atoms with Gasteiger partial charge in [0.25, 0.3) is 0 Å². The summed E-state index contributed by atoms with van der Waals surface area (Å²) in [5.74, 6) is -4.27. The lowest BCUT2D eigenvalue weighted by atomic mass is 9.96. The van der Waals surface area contributed by atoms with Crippen LogP contribution in [-0.4, -0.2) is 56.6 Å². The molecule has 8 nitrogen and oxygen atoms in total. The van der Waals surface area contributed by atoms with Crippen LogP contribution in [0.3, 0.4) is 0 Å². The molecule has 0 saturated heterocycles. The van der Waals surface area contributed by atoms with Gasteiger partial charge in [-0.1, -0.05) is 13.8 Å². The van der Waals surface area contributed by atoms with Gasteiger partial charge in [-0.25, -0.2) is 4.79 Å². The Bertz CT molecular complexity index is 364. The fourth-order valence-corrected chi connectivity index (χ4v) is 1.56. The molecular formula is C12H20O8. The zero-order valence-electron chi connectivity index (χ0n) is 11.4. The van der Waals surface area contributed by atoms with E-state index in [1.807, 2.05) is 13.8 Å². The number of carbonyl (C=O) groups excluding carboxylic acids is 1. The fourth-order valence-electron chi connectivity index (χ4n) is 1.56. The second kappa shape index (κ2) is 7.81. The lowest BCUT2D eigenvalue weighted by Crippen LogP contribution is -2.43. The molecule has 0 fully saturated rings. The van der Waals surface area contributed by atoms with Crippen LogP contribution in [0.5, 0.6) is 0 Å². The van der Waals surface area contributed by atoms with Gasteiger partial charge in [-0.15, -0.1) is 0 Å². The first-order valence-electron chi connectivity index (χ1n) is 6.08. The molecule has 0 aliphatic carbocycles. The summed E-state index contributed by atoms with van der Waals surface area (Å²) in [6.45, 7) is 3.39. The molecule has 0 aromatic carbocycles. The van der Waals surface area contributed by atoms with Crippen LogP contribution in [0.2, 0.25) is 0 Å². The predicted octanol–water partition coefficient (Wildman–Crippen LogP) is -0.383. The number of aliphatic hydroxyl groups is 2. The van der Waals surface area contributed by atoms with E-state index in [2.05, 4.69) is 4.74 Å². The number of hydrogen-bond acceptors (Lipinski definition) is 6. The summed E-state index contributed by atoms with van der Waals surface area (Å²) in [4.78, 5) is 32.7. The highest BCUT2D eigenvalue weighted by atomic mass is 16.5. The second-order valence-corrected chi connectivity index (χ2v) is 5.05. The van der Waals surface area contributed by atoms with Gasteiger partial charge in [0.2, 0.25) is 0 Å². The average Bonchev–Trinajstić information content (AvgIpc) is 2.23. The summed E-state index contributed by atoms with van der Waals surface area (Å²) >= 11 is 0. The lowest BCUT2D eigenvalue weighted by molar-refractivity contribution is -0.172. The molecule has 0 radical (unpaired) electrons. The molecule has 0 aromatic rings. The number of carbonyl (C=O) groups is 3. The number of carboxylic acids is 2. The lowest BCUT2D eigenvalue weighted by Gasteiger charge is -2.21. The SMILES string of the molecule is CC(C)CC(O)COC(=O)CC(O)(CC(=O)O)C(=O)O. The van der Waals surface area contributed by atoms with E-state index in [4.69, 9.17) is 10.2 Å². The maximum Gasteiger partial charge on any atom is 0.336 e. The van der Waals surface area contributed by atoms with Crippen molar-refractivity contribution in [2.24, 2.45) is 5.92 Å². The standard InChI is InChI=1S/C12H20O8/c1-7(2)3-8(13)6-20-10(16)5-12(19,11(17)18)4-9(14)15/h7-8,13,19H,3-6H2,1-2H3,(H,14,15)(H,17,18). The molecule has 4 N–H and O–H groups in total. The maximum atomic E-state index is 11.4. The fraction of sp³-hybridized carbons (Fsp3) is 0.750. The summed E-state index contributed by atoms with van der Waals surface area (Å²) in [7, 11) is 0. The molecular weight excluding hydrogens is 272 g/mol. The monoisotopic (exact) mass is 292 g/mol. The number of ether oxygens (including phenoxy) is 1. The third-order valence-electron chi connectivity index (χ3n) is 2.46. The van der Waals surface area contributed by atoms with Gasteiger partial charge in [0, 0.05) is 0 Å². The van der Waals surface area contributed by atoms with Gasteiger partial charge in [-0.2, -0.15) is 0 Å². The van der Waals surface area contributed by atoms with Crippen LogP contribution in [0.1, 0.15) is 33.1 Å². The molecule has 2 unspecified atom stereocenters. The number of carboxylic acid groups (broad SMARTS) is 2. The van der Waals surface area contributed by atoms with Crippen LogP contribution >= 0.6 is 0 Å². The Hall–Kier alpha value is -1.67. The Morgan fingerprint density at radius 2 is 1.70 bits per heavy atom. The number of esters is 1. The minimum atomic E-state index is -2.72. The van der Waals surface area contributed by atoms with Crippen molar-refractivity contribution in [1.82, 2.24) is 0 Å². The van der Waals surface area contributed by atoms with Crippen molar-refractivity contribution >= 4 is 17.9 Å². The van der Waals surface area contributed by atoms with E-state index in [9.17, 15) is 24.6 Å². The summed E-state index contributed by atoms with van der Waals surface area (Å²) in [5, 5.41) is 36.3. The second-order valence-electron chi connectivity index (χ2n) is 5.05. The van der Waals surface area contributed by atoms with Crippen molar-refractivity contribution in [2.75, 3.05) is 6.61 Å². The number of rotatable bonds is 9. The summed E-state index contributed by atoms with van der Waals surface area (Å²) in [5.41, 5.74) is -2.72. The van der Waals surface area contributed by atoms with Crippen molar-refractivity contribution in [3.05, 3.63) is 0 Å². The quantitative estimate of drug-likeness (QED) is 0.421. The Morgan fingerprint density at radius 3 is 2.10 bits per heavy atom. The zero-order valence-corrected chi connectivity index (χ0v) is 11.4. The minimum Gasteiger partial charge on any atom is -0.481 e. The van der Waals surface area contributed by atoms with Crippen molar-refractivity contribution < 1.29 is 39.5 Å². The number of aliphatic carboxylic acids is 2. The maximum absolute atomic E-state index is 11.4. The van der Waals surface area contributed by atoms with Gasteiger partial charge in [-0.3, -0.25) is 9.59 Å². The highest BCUT2D eigenvalue weighted by Crippen LogP contribution is 2.17. The molecule has 0 aliphatic heterocycles. The summed E-state index contributed by atoms with van der Waals surface area (Å²) in [6.07, 6.45) is -2.61. The molecule has 8 heteroatoms. The van der Waals surface area contributed by atoms with Crippen LogP contribution in [0, 0.1) is 5.92 Å².